The molecule has 6 nitrogen and oxygen atoms in total. The molecule has 1 fully saturated rings. The molecule has 7 heteroatoms. The van der Waals surface area contributed by atoms with Gasteiger partial charge in [-0.1, -0.05) is 13.8 Å². The minimum absolute atomic E-state index is 0.0156. The maximum Gasteiger partial charge on any atom is 0.266 e. The molecule has 1 aliphatic heterocycles. The number of hydrogen-bond acceptors (Lipinski definition) is 5. The van der Waals surface area contributed by atoms with Crippen LogP contribution in [0.1, 0.15) is 70.5 Å². The molecule has 0 bridgehead atoms. The number of rotatable bonds is 3. The highest BCUT2D eigenvalue weighted by molar-refractivity contribution is 7.13. The lowest BCUT2D eigenvalue weighted by atomic mass is 10.1. The summed E-state index contributed by atoms with van der Waals surface area (Å²) in [4.78, 5) is 39.2. The van der Waals surface area contributed by atoms with Crippen LogP contribution in [0.4, 0.5) is 0 Å². The van der Waals surface area contributed by atoms with Gasteiger partial charge in [0.2, 0.25) is 0 Å². The highest BCUT2D eigenvalue weighted by atomic mass is 32.1. The van der Waals surface area contributed by atoms with Crippen LogP contribution < -0.4 is 5.56 Å². The minimum Gasteiger partial charge on any atom is -0.328 e. The SMILES string of the molecule is Cc1nc(C)c(C(=O)N2CCCC2c2nc(C(C)C)cc(=O)[nH]2)s1. The number of nitrogens with zero attached hydrogens (tertiary/aromatic N) is 3. The van der Waals surface area contributed by atoms with Crippen LogP contribution in [0, 0.1) is 13.8 Å². The summed E-state index contributed by atoms with van der Waals surface area (Å²) in [5.41, 5.74) is 1.37. The third kappa shape index (κ3) is 3.13. The fourth-order valence-corrected chi connectivity index (χ4v) is 3.98. The number of hydrogen-bond donors (Lipinski definition) is 1. The molecule has 1 saturated heterocycles. The zero-order chi connectivity index (χ0) is 17.4. The topological polar surface area (TPSA) is 79.0 Å². The second kappa shape index (κ2) is 6.47. The predicted octanol–water partition coefficient (Wildman–Crippen LogP) is 2.94. The number of aryl methyl sites for hydroxylation is 2. The summed E-state index contributed by atoms with van der Waals surface area (Å²) in [7, 11) is 0. The Morgan fingerprint density at radius 1 is 1.38 bits per heavy atom. The summed E-state index contributed by atoms with van der Waals surface area (Å²) < 4.78 is 0. The average Bonchev–Trinajstić information content (AvgIpc) is 3.12. The van der Waals surface area contributed by atoms with Gasteiger partial charge in [-0.3, -0.25) is 9.59 Å². The summed E-state index contributed by atoms with van der Waals surface area (Å²) in [6.07, 6.45) is 1.72. The molecule has 3 rings (SSSR count). The Kier molecular flexibility index (Phi) is 4.54. The molecule has 1 amide bonds. The molecule has 1 atom stereocenters. The van der Waals surface area contributed by atoms with Crippen LogP contribution in [0.3, 0.4) is 0 Å². The molecule has 0 spiro atoms. The molecule has 0 aliphatic carbocycles. The summed E-state index contributed by atoms with van der Waals surface area (Å²) in [6, 6.07) is 1.36. The number of likely N-dealkylation sites (tertiary alicyclic amines) is 1. The van der Waals surface area contributed by atoms with E-state index < -0.39 is 0 Å². The van der Waals surface area contributed by atoms with Gasteiger partial charge >= 0.3 is 0 Å². The highest BCUT2D eigenvalue weighted by Crippen LogP contribution is 2.33. The number of nitrogens with one attached hydrogen (secondary N) is 1. The van der Waals surface area contributed by atoms with Crippen molar-refractivity contribution in [2.75, 3.05) is 6.54 Å². The number of thiazole rings is 1. The van der Waals surface area contributed by atoms with Crippen molar-refractivity contribution in [2.45, 2.75) is 52.5 Å². The van der Waals surface area contributed by atoms with Gasteiger partial charge in [-0.05, 0) is 32.6 Å². The second-order valence-corrected chi connectivity index (χ2v) is 7.72. The molecule has 128 valence electrons. The van der Waals surface area contributed by atoms with Crippen molar-refractivity contribution in [1.29, 1.82) is 0 Å². The van der Waals surface area contributed by atoms with E-state index in [1.807, 2.05) is 32.6 Å². The number of amides is 1. The first kappa shape index (κ1) is 16.8. The molecule has 1 aliphatic rings. The zero-order valence-corrected chi connectivity index (χ0v) is 15.2. The maximum absolute atomic E-state index is 12.9. The van der Waals surface area contributed by atoms with Crippen molar-refractivity contribution in [3.05, 3.63) is 43.5 Å². The molecule has 24 heavy (non-hydrogen) atoms. The van der Waals surface area contributed by atoms with E-state index in [0.717, 1.165) is 29.2 Å². The fourth-order valence-electron chi connectivity index (χ4n) is 3.10. The first-order valence-electron chi connectivity index (χ1n) is 8.23. The Balaban J connectivity index is 1.95. The van der Waals surface area contributed by atoms with Gasteiger partial charge in [0.1, 0.15) is 10.7 Å². The van der Waals surface area contributed by atoms with Crippen LogP contribution in [-0.2, 0) is 0 Å². The van der Waals surface area contributed by atoms with Crippen LogP contribution in [0.5, 0.6) is 0 Å². The van der Waals surface area contributed by atoms with Crippen molar-refractivity contribution >= 4 is 17.2 Å². The van der Waals surface area contributed by atoms with Gasteiger partial charge in [-0.15, -0.1) is 11.3 Å². The molecule has 2 aromatic rings. The van der Waals surface area contributed by atoms with Gasteiger partial charge in [-0.25, -0.2) is 9.97 Å². The van der Waals surface area contributed by atoms with Crippen molar-refractivity contribution in [3.8, 4) is 0 Å². The monoisotopic (exact) mass is 346 g/mol. The van der Waals surface area contributed by atoms with E-state index in [1.54, 1.807) is 0 Å². The van der Waals surface area contributed by atoms with Crippen molar-refractivity contribution < 1.29 is 4.79 Å². The minimum atomic E-state index is -0.175. The summed E-state index contributed by atoms with van der Waals surface area (Å²) in [5.74, 6) is 0.747. The lowest BCUT2D eigenvalue weighted by Gasteiger charge is -2.24. The van der Waals surface area contributed by atoms with E-state index in [9.17, 15) is 9.59 Å². The molecule has 1 N–H and O–H groups in total. The van der Waals surface area contributed by atoms with Crippen LogP contribution >= 0.6 is 11.3 Å². The molecule has 3 heterocycles. The van der Waals surface area contributed by atoms with Gasteiger partial charge in [0.25, 0.3) is 11.5 Å². The first-order chi connectivity index (χ1) is 11.4. The van der Waals surface area contributed by atoms with Crippen molar-refractivity contribution in [3.63, 3.8) is 0 Å². The van der Waals surface area contributed by atoms with E-state index in [1.165, 1.54) is 17.4 Å². The zero-order valence-electron chi connectivity index (χ0n) is 14.4. The molecule has 2 aromatic heterocycles. The van der Waals surface area contributed by atoms with Gasteiger partial charge in [0, 0.05) is 12.6 Å². The van der Waals surface area contributed by atoms with Gasteiger partial charge < -0.3 is 9.88 Å². The van der Waals surface area contributed by atoms with Gasteiger partial charge in [-0.2, -0.15) is 0 Å². The number of aromatic amines is 1. The Labute approximate surface area is 145 Å². The lowest BCUT2D eigenvalue weighted by Crippen LogP contribution is -2.32. The summed E-state index contributed by atoms with van der Waals surface area (Å²) in [6.45, 7) is 8.46. The molecular formula is C17H22N4O2S. The highest BCUT2D eigenvalue weighted by Gasteiger charge is 2.34. The smallest absolute Gasteiger partial charge is 0.266 e. The summed E-state index contributed by atoms with van der Waals surface area (Å²) in [5, 5.41) is 0.889. The number of aromatic nitrogens is 3. The van der Waals surface area contributed by atoms with Crippen LogP contribution in [-0.4, -0.2) is 32.3 Å². The molecule has 0 radical (unpaired) electrons. The Bertz CT molecular complexity index is 824. The van der Waals surface area contributed by atoms with Gasteiger partial charge in [0.15, 0.2) is 0 Å². The number of carbonyl (C=O) groups excluding carboxylic acids is 1. The molecular weight excluding hydrogens is 324 g/mol. The second-order valence-electron chi connectivity index (χ2n) is 6.51. The Hall–Kier alpha value is -2.02. The molecule has 1 unspecified atom stereocenters. The van der Waals surface area contributed by atoms with Gasteiger partial charge in [0.05, 0.1) is 22.4 Å². The first-order valence-corrected chi connectivity index (χ1v) is 9.04. The average molecular weight is 346 g/mol. The van der Waals surface area contributed by atoms with Crippen molar-refractivity contribution in [1.82, 2.24) is 19.9 Å². The van der Waals surface area contributed by atoms with Crippen LogP contribution in [0.15, 0.2) is 10.9 Å². The van der Waals surface area contributed by atoms with E-state index in [-0.39, 0.29) is 23.4 Å². The number of H-pyrrole nitrogens is 1. The van der Waals surface area contributed by atoms with E-state index in [0.29, 0.717) is 17.2 Å². The maximum atomic E-state index is 12.9. The number of carbonyl (C=O) groups is 1. The van der Waals surface area contributed by atoms with E-state index in [4.69, 9.17) is 0 Å². The largest absolute Gasteiger partial charge is 0.328 e. The quantitative estimate of drug-likeness (QED) is 0.927. The standard InChI is InChI=1S/C17H22N4O2S/c1-9(2)12-8-14(22)20-16(19-12)13-6-5-7-21(13)17(23)15-10(3)18-11(4)24-15/h8-9,13H,5-7H2,1-4H3,(H,19,20,22). The molecule has 0 aromatic carbocycles. The third-order valence-corrected chi connectivity index (χ3v) is 5.36. The Morgan fingerprint density at radius 3 is 2.75 bits per heavy atom. The van der Waals surface area contributed by atoms with E-state index in [2.05, 4.69) is 15.0 Å². The molecule has 0 saturated carbocycles. The third-order valence-electron chi connectivity index (χ3n) is 4.30. The lowest BCUT2D eigenvalue weighted by molar-refractivity contribution is 0.0733. The fraction of sp³-hybridized carbons (Fsp3) is 0.529. The van der Waals surface area contributed by atoms with Crippen LogP contribution in [0.2, 0.25) is 0 Å². The summed E-state index contributed by atoms with van der Waals surface area (Å²) >= 11 is 1.42. The normalized spacial score (nSPS) is 17.7. The predicted molar refractivity (Wildman–Crippen MR) is 93.5 cm³/mol. The Morgan fingerprint density at radius 2 is 2.12 bits per heavy atom. The van der Waals surface area contributed by atoms with E-state index >= 15 is 0 Å². The van der Waals surface area contributed by atoms with Crippen molar-refractivity contribution in [2.24, 2.45) is 0 Å². The van der Waals surface area contributed by atoms with Crippen LogP contribution in [0.25, 0.3) is 0 Å².